The van der Waals surface area contributed by atoms with E-state index >= 15 is 0 Å². The fourth-order valence-corrected chi connectivity index (χ4v) is 5.11. The van der Waals surface area contributed by atoms with Gasteiger partial charge in [-0.2, -0.15) is 0 Å². The molecule has 0 spiro atoms. The molecule has 8 nitrogen and oxygen atoms in total. The molecule has 4 amide bonds. The lowest BCUT2D eigenvalue weighted by atomic mass is 10.00. The molecule has 2 heterocycles. The van der Waals surface area contributed by atoms with Gasteiger partial charge in [-0.1, -0.05) is 36.4 Å². The van der Waals surface area contributed by atoms with Crippen LogP contribution in [0.15, 0.2) is 77.7 Å². The lowest BCUT2D eigenvalue weighted by Gasteiger charge is -2.29. The quantitative estimate of drug-likeness (QED) is 0.441. The van der Waals surface area contributed by atoms with Crippen LogP contribution in [0, 0.1) is 5.82 Å². The van der Waals surface area contributed by atoms with E-state index in [2.05, 4.69) is 5.32 Å². The van der Waals surface area contributed by atoms with Crippen LogP contribution in [0.5, 0.6) is 5.75 Å². The van der Waals surface area contributed by atoms with Gasteiger partial charge in [0.1, 0.15) is 18.1 Å². The average molecular weight is 546 g/mol. The molecule has 1 fully saturated rings. The summed E-state index contributed by atoms with van der Waals surface area (Å²) in [5.74, 6) is -1.14. The predicted molar refractivity (Wildman–Crippen MR) is 145 cm³/mol. The van der Waals surface area contributed by atoms with Gasteiger partial charge < -0.3 is 15.0 Å². The van der Waals surface area contributed by atoms with Gasteiger partial charge >= 0.3 is 0 Å². The van der Waals surface area contributed by atoms with E-state index in [0.717, 1.165) is 28.6 Å². The van der Waals surface area contributed by atoms with Gasteiger partial charge in [0, 0.05) is 18.8 Å². The number of benzene rings is 3. The third-order valence-electron chi connectivity index (χ3n) is 6.33. The van der Waals surface area contributed by atoms with Crippen LogP contribution in [0.4, 0.5) is 14.9 Å². The van der Waals surface area contributed by atoms with Crippen LogP contribution in [0.3, 0.4) is 0 Å². The molecule has 39 heavy (non-hydrogen) atoms. The van der Waals surface area contributed by atoms with E-state index in [9.17, 15) is 23.6 Å². The number of imide groups is 1. The van der Waals surface area contributed by atoms with E-state index in [-0.39, 0.29) is 24.0 Å². The van der Waals surface area contributed by atoms with Crippen LogP contribution < -0.4 is 10.1 Å². The van der Waals surface area contributed by atoms with Crippen molar-refractivity contribution in [3.05, 3.63) is 100 Å². The molecule has 2 aliphatic rings. The maximum atomic E-state index is 13.0. The Morgan fingerprint density at radius 1 is 0.974 bits per heavy atom. The predicted octanol–water partition coefficient (Wildman–Crippen LogP) is 4.46. The summed E-state index contributed by atoms with van der Waals surface area (Å²) < 4.78 is 18.5. The summed E-state index contributed by atoms with van der Waals surface area (Å²) in [6, 6.07) is 20.0. The van der Waals surface area contributed by atoms with Gasteiger partial charge in [0.15, 0.2) is 6.61 Å². The lowest BCUT2D eigenvalue weighted by Crippen LogP contribution is -2.44. The van der Waals surface area contributed by atoms with Crippen molar-refractivity contribution in [3.63, 3.8) is 0 Å². The van der Waals surface area contributed by atoms with Crippen LogP contribution in [-0.2, 0) is 27.3 Å². The maximum absolute atomic E-state index is 13.0. The third-order valence-corrected chi connectivity index (χ3v) is 7.23. The second-order valence-electron chi connectivity index (χ2n) is 9.01. The molecular formula is C29H24FN3O5S. The van der Waals surface area contributed by atoms with E-state index in [1.807, 2.05) is 24.3 Å². The number of ether oxygens (including phenoxy) is 1. The molecule has 198 valence electrons. The highest BCUT2D eigenvalue weighted by molar-refractivity contribution is 8.18. The summed E-state index contributed by atoms with van der Waals surface area (Å²) in [6.07, 6.45) is 2.32. The number of hydrogen-bond acceptors (Lipinski definition) is 6. The highest BCUT2D eigenvalue weighted by Gasteiger charge is 2.37. The minimum atomic E-state index is -0.506. The van der Waals surface area contributed by atoms with Gasteiger partial charge in [0.2, 0.25) is 5.91 Å². The van der Waals surface area contributed by atoms with Crippen LogP contribution in [-0.4, -0.2) is 52.5 Å². The van der Waals surface area contributed by atoms with Gasteiger partial charge in [0.05, 0.1) is 4.91 Å². The topological polar surface area (TPSA) is 96.0 Å². The molecule has 0 aliphatic carbocycles. The third kappa shape index (κ3) is 6.35. The Kier molecular flexibility index (Phi) is 7.74. The summed E-state index contributed by atoms with van der Waals surface area (Å²) in [5.41, 5.74) is 3.40. The second-order valence-corrected chi connectivity index (χ2v) is 10.0. The second kappa shape index (κ2) is 11.5. The summed E-state index contributed by atoms with van der Waals surface area (Å²) in [7, 11) is 0. The number of fused-ring (bicyclic) bond motifs is 1. The number of carbonyl (C=O) groups is 4. The van der Waals surface area contributed by atoms with E-state index < -0.39 is 22.9 Å². The molecular weight excluding hydrogens is 521 g/mol. The maximum Gasteiger partial charge on any atom is 0.294 e. The standard InChI is InChI=1S/C29H24FN3O5S/c30-22-7-9-23(10-8-22)31-26(34)18-38-24-11-5-19(6-12-24)15-25-28(36)33(29(37)39-25)17-27(35)32-14-13-20-3-1-2-4-21(20)16-32/h1-12,15H,13-14,16-18H2,(H,31,34)/b25-15-. The Morgan fingerprint density at radius 3 is 2.44 bits per heavy atom. The number of rotatable bonds is 7. The van der Waals surface area contributed by atoms with Gasteiger partial charge in [-0.05, 0) is 77.3 Å². The van der Waals surface area contributed by atoms with Gasteiger partial charge in [-0.3, -0.25) is 24.1 Å². The van der Waals surface area contributed by atoms with Crippen molar-refractivity contribution >= 4 is 46.5 Å². The molecule has 5 rings (SSSR count). The summed E-state index contributed by atoms with van der Waals surface area (Å²) in [4.78, 5) is 53.3. The fraction of sp³-hybridized carbons (Fsp3) is 0.172. The first-order valence-corrected chi connectivity index (χ1v) is 13.1. The zero-order valence-corrected chi connectivity index (χ0v) is 21.6. The fourth-order valence-electron chi connectivity index (χ4n) is 4.27. The zero-order valence-electron chi connectivity index (χ0n) is 20.8. The number of nitrogens with one attached hydrogen (secondary N) is 1. The molecule has 3 aromatic rings. The van der Waals surface area contributed by atoms with Gasteiger partial charge in [-0.25, -0.2) is 4.39 Å². The molecule has 0 bridgehead atoms. The largest absolute Gasteiger partial charge is 0.484 e. The van der Waals surface area contributed by atoms with Crippen molar-refractivity contribution in [1.29, 1.82) is 0 Å². The van der Waals surface area contributed by atoms with Crippen molar-refractivity contribution in [3.8, 4) is 5.75 Å². The van der Waals surface area contributed by atoms with Crippen LogP contribution >= 0.6 is 11.8 Å². The number of amides is 4. The normalized spacial score (nSPS) is 15.9. The lowest BCUT2D eigenvalue weighted by molar-refractivity contribution is -0.136. The van der Waals surface area contributed by atoms with Gasteiger partial charge in [0.25, 0.3) is 17.1 Å². The van der Waals surface area contributed by atoms with Crippen molar-refractivity contribution in [2.75, 3.05) is 25.0 Å². The molecule has 2 aliphatic heterocycles. The molecule has 0 radical (unpaired) electrons. The summed E-state index contributed by atoms with van der Waals surface area (Å²) in [6.45, 7) is 0.469. The van der Waals surface area contributed by atoms with Crippen molar-refractivity contribution in [2.24, 2.45) is 0 Å². The van der Waals surface area contributed by atoms with Crippen molar-refractivity contribution < 1.29 is 28.3 Å². The van der Waals surface area contributed by atoms with Gasteiger partial charge in [-0.15, -0.1) is 0 Å². The Balaban J connectivity index is 1.14. The van der Waals surface area contributed by atoms with E-state index in [4.69, 9.17) is 4.74 Å². The van der Waals surface area contributed by atoms with Crippen LogP contribution in [0.25, 0.3) is 6.08 Å². The highest BCUT2D eigenvalue weighted by atomic mass is 32.2. The first-order chi connectivity index (χ1) is 18.9. The first kappa shape index (κ1) is 26.2. The minimum absolute atomic E-state index is 0.226. The molecule has 3 aromatic carbocycles. The van der Waals surface area contributed by atoms with Crippen LogP contribution in [0.1, 0.15) is 16.7 Å². The van der Waals surface area contributed by atoms with E-state index in [1.165, 1.54) is 29.8 Å². The SMILES string of the molecule is O=C(COc1ccc(/C=C2\SC(=O)N(CC(=O)N3CCc4ccccc4C3)C2=O)cc1)Nc1ccc(F)cc1. The first-order valence-electron chi connectivity index (χ1n) is 12.2. The summed E-state index contributed by atoms with van der Waals surface area (Å²) in [5, 5.41) is 2.12. The Labute approximate surface area is 228 Å². The number of halogens is 1. The number of anilines is 1. The monoisotopic (exact) mass is 545 g/mol. The Bertz CT molecular complexity index is 1460. The molecule has 10 heteroatoms. The number of nitrogens with zero attached hydrogens (tertiary/aromatic N) is 2. The number of hydrogen-bond donors (Lipinski definition) is 1. The zero-order chi connectivity index (χ0) is 27.4. The van der Waals surface area contributed by atoms with Crippen LogP contribution in [0.2, 0.25) is 0 Å². The van der Waals surface area contributed by atoms with Crippen molar-refractivity contribution in [1.82, 2.24) is 9.80 Å². The molecule has 0 unspecified atom stereocenters. The number of thioether (sulfide) groups is 1. The highest BCUT2D eigenvalue weighted by Crippen LogP contribution is 2.32. The minimum Gasteiger partial charge on any atom is -0.484 e. The molecule has 1 saturated heterocycles. The van der Waals surface area contributed by atoms with E-state index in [0.29, 0.717) is 30.1 Å². The average Bonchev–Trinajstić information content (AvgIpc) is 3.20. The molecule has 0 aromatic heterocycles. The van der Waals surface area contributed by atoms with E-state index in [1.54, 1.807) is 35.2 Å². The smallest absolute Gasteiger partial charge is 0.294 e. The Morgan fingerprint density at radius 2 is 1.69 bits per heavy atom. The molecule has 1 N–H and O–H groups in total. The number of carbonyl (C=O) groups excluding carboxylic acids is 4. The molecule has 0 saturated carbocycles. The van der Waals surface area contributed by atoms with Crippen molar-refractivity contribution in [2.45, 2.75) is 13.0 Å². The molecule has 0 atom stereocenters. The Hall–Kier alpha value is -4.44. The summed E-state index contributed by atoms with van der Waals surface area (Å²) >= 11 is 0.794.